The summed E-state index contributed by atoms with van der Waals surface area (Å²) in [7, 11) is 1.65. The van der Waals surface area contributed by atoms with Gasteiger partial charge in [0.25, 0.3) is 0 Å². The highest BCUT2D eigenvalue weighted by molar-refractivity contribution is 5.34. The zero-order valence-corrected chi connectivity index (χ0v) is 12.9. The van der Waals surface area contributed by atoms with Gasteiger partial charge in [-0.25, -0.2) is 0 Å². The maximum Gasteiger partial charge on any atom is 0.118 e. The molecule has 3 nitrogen and oxygen atoms in total. The average molecular weight is 285 g/mol. The van der Waals surface area contributed by atoms with Crippen LogP contribution in [0.3, 0.4) is 0 Å². The van der Waals surface area contributed by atoms with E-state index in [0.717, 1.165) is 23.3 Å². The van der Waals surface area contributed by atoms with Crippen LogP contribution >= 0.6 is 0 Å². The lowest BCUT2D eigenvalue weighted by molar-refractivity contribution is 0.00142. The summed E-state index contributed by atoms with van der Waals surface area (Å²) >= 11 is 0. The van der Waals surface area contributed by atoms with Crippen molar-refractivity contribution in [3.05, 3.63) is 59.9 Å². The highest BCUT2D eigenvalue weighted by atomic mass is 16.5. The molecule has 21 heavy (non-hydrogen) atoms. The van der Waals surface area contributed by atoms with Crippen molar-refractivity contribution in [3.8, 4) is 5.75 Å². The molecular weight excluding hydrogens is 262 g/mol. The molecule has 1 heterocycles. The molecule has 3 heteroatoms. The lowest BCUT2D eigenvalue weighted by Crippen LogP contribution is -2.32. The SMILES string of the molecule is CC[C@@H](c1ccncc1)[C@@](O)(CC)c1ccc(OC)cc1. The molecule has 0 bridgehead atoms. The molecule has 1 aromatic carbocycles. The van der Waals surface area contributed by atoms with Gasteiger partial charge in [-0.2, -0.15) is 0 Å². The van der Waals surface area contributed by atoms with Gasteiger partial charge in [-0.15, -0.1) is 0 Å². The van der Waals surface area contributed by atoms with E-state index in [2.05, 4.69) is 11.9 Å². The van der Waals surface area contributed by atoms with Crippen LogP contribution in [0.2, 0.25) is 0 Å². The van der Waals surface area contributed by atoms with Crippen LogP contribution < -0.4 is 4.74 Å². The Kier molecular flexibility index (Phi) is 4.97. The van der Waals surface area contributed by atoms with E-state index < -0.39 is 5.60 Å². The van der Waals surface area contributed by atoms with Crippen molar-refractivity contribution in [2.75, 3.05) is 7.11 Å². The van der Waals surface area contributed by atoms with E-state index in [9.17, 15) is 5.11 Å². The third-order valence-electron chi connectivity index (χ3n) is 4.22. The lowest BCUT2D eigenvalue weighted by atomic mass is 9.74. The fraction of sp³-hybridized carbons (Fsp3) is 0.389. The van der Waals surface area contributed by atoms with Crippen molar-refractivity contribution >= 4 is 0 Å². The summed E-state index contributed by atoms with van der Waals surface area (Å²) in [5.74, 6) is 0.841. The second-order valence-corrected chi connectivity index (χ2v) is 5.25. The Hall–Kier alpha value is -1.87. The standard InChI is InChI=1S/C18H23NO2/c1-4-17(14-10-12-19-13-11-14)18(20,5-2)15-6-8-16(21-3)9-7-15/h6-13,17,20H,4-5H2,1-3H3/t17-,18+/m0/s1. The summed E-state index contributed by atoms with van der Waals surface area (Å²) in [6.45, 7) is 4.13. The van der Waals surface area contributed by atoms with Crippen molar-refractivity contribution in [2.45, 2.75) is 38.2 Å². The smallest absolute Gasteiger partial charge is 0.118 e. The molecule has 2 rings (SSSR count). The number of ether oxygens (including phenoxy) is 1. The number of hydrogen-bond donors (Lipinski definition) is 1. The van der Waals surface area contributed by atoms with Crippen LogP contribution in [0.1, 0.15) is 43.7 Å². The Morgan fingerprint density at radius 2 is 1.71 bits per heavy atom. The van der Waals surface area contributed by atoms with E-state index in [4.69, 9.17) is 4.74 Å². The fourth-order valence-electron chi connectivity index (χ4n) is 2.98. The Labute approximate surface area is 126 Å². The molecule has 0 aliphatic rings. The van der Waals surface area contributed by atoms with E-state index in [0.29, 0.717) is 6.42 Å². The maximum absolute atomic E-state index is 11.3. The first kappa shape index (κ1) is 15.5. The Morgan fingerprint density at radius 3 is 2.19 bits per heavy atom. The van der Waals surface area contributed by atoms with Crippen molar-refractivity contribution < 1.29 is 9.84 Å². The van der Waals surface area contributed by atoms with Gasteiger partial charge in [0.15, 0.2) is 0 Å². The summed E-state index contributed by atoms with van der Waals surface area (Å²) in [6.07, 6.45) is 5.07. The Morgan fingerprint density at radius 1 is 1.10 bits per heavy atom. The summed E-state index contributed by atoms with van der Waals surface area (Å²) in [4.78, 5) is 4.07. The summed E-state index contributed by atoms with van der Waals surface area (Å²) in [6, 6.07) is 11.7. The number of nitrogens with zero attached hydrogens (tertiary/aromatic N) is 1. The molecule has 0 aliphatic carbocycles. The number of hydrogen-bond acceptors (Lipinski definition) is 3. The predicted molar refractivity (Wildman–Crippen MR) is 84.5 cm³/mol. The summed E-state index contributed by atoms with van der Waals surface area (Å²) in [5, 5.41) is 11.3. The number of benzene rings is 1. The highest BCUT2D eigenvalue weighted by Gasteiger charge is 2.36. The number of methoxy groups -OCH3 is 1. The largest absolute Gasteiger partial charge is 0.497 e. The van der Waals surface area contributed by atoms with E-state index >= 15 is 0 Å². The minimum absolute atomic E-state index is 0.0406. The zero-order valence-electron chi connectivity index (χ0n) is 12.9. The van der Waals surface area contributed by atoms with Gasteiger partial charge in [-0.3, -0.25) is 4.98 Å². The molecule has 0 amide bonds. The zero-order chi connectivity index (χ0) is 15.3. The van der Waals surface area contributed by atoms with Crippen LogP contribution in [0.25, 0.3) is 0 Å². The topological polar surface area (TPSA) is 42.4 Å². The predicted octanol–water partition coefficient (Wildman–Crippen LogP) is 3.88. The fourth-order valence-corrected chi connectivity index (χ4v) is 2.98. The first-order valence-electron chi connectivity index (χ1n) is 7.42. The molecule has 0 radical (unpaired) electrons. The first-order chi connectivity index (χ1) is 10.2. The van der Waals surface area contributed by atoms with Gasteiger partial charge in [0.05, 0.1) is 12.7 Å². The molecule has 0 saturated carbocycles. The van der Waals surface area contributed by atoms with Gasteiger partial charge in [0.2, 0.25) is 0 Å². The van der Waals surface area contributed by atoms with E-state index in [1.54, 1.807) is 19.5 Å². The van der Waals surface area contributed by atoms with Crippen molar-refractivity contribution in [2.24, 2.45) is 0 Å². The monoisotopic (exact) mass is 285 g/mol. The van der Waals surface area contributed by atoms with Gasteiger partial charge in [-0.05, 0) is 48.2 Å². The van der Waals surface area contributed by atoms with Crippen LogP contribution in [0.5, 0.6) is 5.75 Å². The average Bonchev–Trinajstić information content (AvgIpc) is 2.56. The highest BCUT2D eigenvalue weighted by Crippen LogP contribution is 2.41. The maximum atomic E-state index is 11.3. The number of rotatable bonds is 6. The lowest BCUT2D eigenvalue weighted by Gasteiger charge is -2.36. The molecule has 112 valence electrons. The number of aliphatic hydroxyl groups is 1. The quantitative estimate of drug-likeness (QED) is 0.875. The Bertz CT molecular complexity index is 553. The summed E-state index contributed by atoms with van der Waals surface area (Å²) < 4.78 is 5.20. The molecule has 1 N–H and O–H groups in total. The third kappa shape index (κ3) is 3.08. The van der Waals surface area contributed by atoms with Gasteiger partial charge in [-0.1, -0.05) is 26.0 Å². The second kappa shape index (κ2) is 6.72. The normalized spacial score (nSPS) is 15.2. The van der Waals surface area contributed by atoms with E-state index in [1.807, 2.05) is 43.3 Å². The van der Waals surface area contributed by atoms with Crippen LogP contribution in [0, 0.1) is 0 Å². The first-order valence-corrected chi connectivity index (χ1v) is 7.42. The van der Waals surface area contributed by atoms with Crippen molar-refractivity contribution in [1.29, 1.82) is 0 Å². The van der Waals surface area contributed by atoms with E-state index in [1.165, 1.54) is 0 Å². The molecular formula is C18H23NO2. The molecule has 0 spiro atoms. The molecule has 0 unspecified atom stereocenters. The minimum Gasteiger partial charge on any atom is -0.497 e. The van der Waals surface area contributed by atoms with Gasteiger partial charge >= 0.3 is 0 Å². The van der Waals surface area contributed by atoms with Crippen LogP contribution in [-0.2, 0) is 5.60 Å². The molecule has 0 aliphatic heterocycles. The molecule has 0 fully saturated rings. The van der Waals surface area contributed by atoms with Gasteiger partial charge in [0, 0.05) is 18.3 Å². The van der Waals surface area contributed by atoms with Crippen molar-refractivity contribution in [3.63, 3.8) is 0 Å². The number of pyridine rings is 1. The van der Waals surface area contributed by atoms with Gasteiger partial charge < -0.3 is 9.84 Å². The van der Waals surface area contributed by atoms with Gasteiger partial charge in [0.1, 0.15) is 5.75 Å². The summed E-state index contributed by atoms with van der Waals surface area (Å²) in [5.41, 5.74) is 1.16. The van der Waals surface area contributed by atoms with Crippen LogP contribution in [-0.4, -0.2) is 17.2 Å². The Balaban J connectivity index is 2.42. The second-order valence-electron chi connectivity index (χ2n) is 5.25. The van der Waals surface area contributed by atoms with Crippen LogP contribution in [0.15, 0.2) is 48.8 Å². The molecule has 2 atom stereocenters. The molecule has 2 aromatic rings. The third-order valence-corrected chi connectivity index (χ3v) is 4.22. The van der Waals surface area contributed by atoms with E-state index in [-0.39, 0.29) is 5.92 Å². The van der Waals surface area contributed by atoms with Crippen LogP contribution in [0.4, 0.5) is 0 Å². The molecule has 1 aromatic heterocycles. The van der Waals surface area contributed by atoms with Crippen molar-refractivity contribution in [1.82, 2.24) is 4.98 Å². The number of aromatic nitrogens is 1. The minimum atomic E-state index is -0.887. The molecule has 0 saturated heterocycles.